The zero-order chi connectivity index (χ0) is 26.2. The third-order valence-electron chi connectivity index (χ3n) is 8.71. The number of benzene rings is 1. The van der Waals surface area contributed by atoms with Gasteiger partial charge in [0.25, 0.3) is 0 Å². The van der Waals surface area contributed by atoms with Crippen LogP contribution in [0, 0.1) is 22.7 Å². The van der Waals surface area contributed by atoms with Gasteiger partial charge in [-0.2, -0.15) is 0 Å². The molecule has 4 rings (SSSR count). The Labute approximate surface area is 213 Å². The Morgan fingerprint density at radius 2 is 1.80 bits per heavy atom. The van der Waals surface area contributed by atoms with Crippen LogP contribution in [0.15, 0.2) is 23.8 Å². The number of rotatable bonds is 10. The van der Waals surface area contributed by atoms with E-state index in [-0.39, 0.29) is 22.7 Å². The molecule has 1 saturated carbocycles. The zero-order valence-corrected chi connectivity index (χ0v) is 23.6. The number of phenolic OH excluding ortho intramolecular Hbond substituents is 1. The van der Waals surface area contributed by atoms with Crippen molar-refractivity contribution in [3.63, 3.8) is 0 Å². The van der Waals surface area contributed by atoms with E-state index in [1.54, 1.807) is 7.11 Å². The monoisotopic (exact) mass is 484 g/mol. The molecule has 0 heterocycles. The lowest BCUT2D eigenvalue weighted by Gasteiger charge is -2.59. The van der Waals surface area contributed by atoms with Gasteiger partial charge in [0, 0.05) is 11.5 Å². The molecule has 3 aliphatic carbocycles. The van der Waals surface area contributed by atoms with Crippen LogP contribution in [-0.4, -0.2) is 24.8 Å². The van der Waals surface area contributed by atoms with Gasteiger partial charge in [0.05, 0.1) is 12.5 Å². The highest BCUT2D eigenvalue weighted by Gasteiger charge is 2.56. The molecule has 3 aliphatic rings. The molecule has 1 aromatic carbocycles. The van der Waals surface area contributed by atoms with Gasteiger partial charge in [0.1, 0.15) is 18.1 Å². The highest BCUT2D eigenvalue weighted by Crippen LogP contribution is 2.65. The molecule has 0 amide bonds. The predicted octanol–water partition coefficient (Wildman–Crippen LogP) is 7.92. The Bertz CT molecular complexity index is 947. The third kappa shape index (κ3) is 5.57. The number of hydrogen-bond acceptors (Lipinski definition) is 4. The molecule has 0 aromatic heterocycles. The Balaban J connectivity index is 1.92. The van der Waals surface area contributed by atoms with Crippen LogP contribution in [0.3, 0.4) is 0 Å². The molecule has 196 valence electrons. The molecule has 0 spiro atoms. The van der Waals surface area contributed by atoms with Crippen LogP contribution in [0.2, 0.25) is 0 Å². The normalized spacial score (nSPS) is 23.3. The Morgan fingerprint density at radius 1 is 1.11 bits per heavy atom. The van der Waals surface area contributed by atoms with Crippen LogP contribution in [0.1, 0.15) is 111 Å². The van der Waals surface area contributed by atoms with Crippen LogP contribution in [0.4, 0.5) is 0 Å². The van der Waals surface area contributed by atoms with Crippen molar-refractivity contribution in [2.75, 3.05) is 13.7 Å². The van der Waals surface area contributed by atoms with E-state index < -0.39 is 5.41 Å². The van der Waals surface area contributed by atoms with Crippen molar-refractivity contribution in [2.24, 2.45) is 22.7 Å². The van der Waals surface area contributed by atoms with Crippen molar-refractivity contribution in [3.05, 3.63) is 34.9 Å². The largest absolute Gasteiger partial charge is 0.507 e. The molecule has 2 bridgehead atoms. The fraction of sp³-hybridized carbons (Fsp3) is 0.710. The van der Waals surface area contributed by atoms with Gasteiger partial charge < -0.3 is 14.6 Å². The maximum absolute atomic E-state index is 12.4. The molecule has 4 heteroatoms. The lowest BCUT2D eigenvalue weighted by atomic mass is 9.45. The molecule has 0 aliphatic heterocycles. The minimum absolute atomic E-state index is 0.0351. The summed E-state index contributed by atoms with van der Waals surface area (Å²) in [5, 5.41) is 11.4. The lowest BCUT2D eigenvalue weighted by Crippen LogP contribution is -2.52. The van der Waals surface area contributed by atoms with Crippen LogP contribution in [0.25, 0.3) is 0 Å². The fourth-order valence-electron chi connectivity index (χ4n) is 6.10. The summed E-state index contributed by atoms with van der Waals surface area (Å²) in [4.78, 5) is 12.4. The summed E-state index contributed by atoms with van der Waals surface area (Å²) in [5.41, 5.74) is 2.68. The van der Waals surface area contributed by atoms with Gasteiger partial charge >= 0.3 is 5.97 Å². The Kier molecular flexibility index (Phi) is 8.04. The van der Waals surface area contributed by atoms with E-state index in [0.717, 1.165) is 29.7 Å². The smallest absolute Gasteiger partial charge is 0.311 e. The maximum Gasteiger partial charge on any atom is 0.311 e. The average molecular weight is 485 g/mol. The minimum atomic E-state index is -0.521. The zero-order valence-electron chi connectivity index (χ0n) is 23.6. The summed E-state index contributed by atoms with van der Waals surface area (Å²) in [5.74, 6) is 1.76. The first-order valence-electron chi connectivity index (χ1n) is 13.5. The molecular formula is C31H48O4. The highest BCUT2D eigenvalue weighted by molar-refractivity contribution is 5.75. The van der Waals surface area contributed by atoms with E-state index in [1.807, 2.05) is 26.8 Å². The molecule has 1 N–H and O–H groups in total. The maximum atomic E-state index is 12.4. The fourth-order valence-corrected chi connectivity index (χ4v) is 6.10. The first-order chi connectivity index (χ1) is 16.2. The molecule has 1 fully saturated rings. The van der Waals surface area contributed by atoms with Crippen LogP contribution in [0.5, 0.6) is 11.5 Å². The summed E-state index contributed by atoms with van der Waals surface area (Å²) in [7, 11) is 1.70. The van der Waals surface area contributed by atoms with Gasteiger partial charge in [0.15, 0.2) is 0 Å². The first kappa shape index (κ1) is 27.6. The second-order valence-corrected chi connectivity index (χ2v) is 13.1. The van der Waals surface area contributed by atoms with E-state index in [4.69, 9.17) is 9.47 Å². The number of fused-ring (bicyclic) bond motifs is 1. The lowest BCUT2D eigenvalue weighted by molar-refractivity contribution is -0.152. The summed E-state index contributed by atoms with van der Waals surface area (Å²) in [6.45, 7) is 17.3. The molecule has 1 unspecified atom stereocenters. The summed E-state index contributed by atoms with van der Waals surface area (Å²) in [6, 6.07) is 4.10. The van der Waals surface area contributed by atoms with Gasteiger partial charge in [0.2, 0.25) is 0 Å². The first-order valence-corrected chi connectivity index (χ1v) is 13.5. The molecule has 4 nitrogen and oxygen atoms in total. The number of carbonyl (C=O) groups excluding carboxylic acids is 1. The number of aromatic hydroxyl groups is 1. The van der Waals surface area contributed by atoms with E-state index in [1.165, 1.54) is 31.3 Å². The molecular weight excluding hydrogens is 436 g/mol. The summed E-state index contributed by atoms with van der Waals surface area (Å²) >= 11 is 0. The van der Waals surface area contributed by atoms with Gasteiger partial charge in [-0.15, -0.1) is 0 Å². The molecule has 35 heavy (non-hydrogen) atoms. The number of allylic oxidation sites excluding steroid dienone is 1. The SMILES string of the molecule is CCCCCCC(C)(C)c1cc(O)c([C@H]2C=C(COC(=O)C(C)(C)C)[C@H]3CC2C3(C)C)c(OC)c1. The molecule has 0 radical (unpaired) electrons. The van der Waals surface area contributed by atoms with Gasteiger partial charge in [-0.05, 0) is 79.5 Å². The van der Waals surface area contributed by atoms with Crippen LogP contribution < -0.4 is 4.74 Å². The Hall–Kier alpha value is -1.97. The highest BCUT2D eigenvalue weighted by atomic mass is 16.5. The van der Waals surface area contributed by atoms with Crippen molar-refractivity contribution in [3.8, 4) is 11.5 Å². The summed E-state index contributed by atoms with van der Waals surface area (Å²) < 4.78 is 11.6. The van der Waals surface area contributed by atoms with E-state index in [0.29, 0.717) is 24.2 Å². The van der Waals surface area contributed by atoms with Crippen molar-refractivity contribution in [1.82, 2.24) is 0 Å². The van der Waals surface area contributed by atoms with Crippen LogP contribution in [-0.2, 0) is 14.9 Å². The Morgan fingerprint density at radius 3 is 2.37 bits per heavy atom. The van der Waals surface area contributed by atoms with E-state index in [2.05, 4.69) is 46.8 Å². The van der Waals surface area contributed by atoms with E-state index in [9.17, 15) is 9.90 Å². The van der Waals surface area contributed by atoms with Crippen molar-refractivity contribution < 1.29 is 19.4 Å². The van der Waals surface area contributed by atoms with Gasteiger partial charge in [-0.1, -0.05) is 66.4 Å². The van der Waals surface area contributed by atoms with Crippen molar-refractivity contribution in [1.29, 1.82) is 0 Å². The number of esters is 1. The quantitative estimate of drug-likeness (QED) is 0.208. The van der Waals surface area contributed by atoms with Crippen molar-refractivity contribution in [2.45, 2.75) is 105 Å². The second-order valence-electron chi connectivity index (χ2n) is 13.1. The number of ether oxygens (including phenoxy) is 2. The number of carbonyl (C=O) groups is 1. The number of hydrogen-bond donors (Lipinski definition) is 1. The predicted molar refractivity (Wildman–Crippen MR) is 143 cm³/mol. The third-order valence-corrected chi connectivity index (χ3v) is 8.71. The van der Waals surface area contributed by atoms with Crippen LogP contribution >= 0.6 is 0 Å². The number of phenols is 1. The standard InChI is InChI=1S/C31H48O4/c1-10-11-12-13-14-30(5,6)21-16-25(32)27(26(17-21)34-9)22-15-20(19-35-28(33)29(2,3)4)23-18-24(22)31(23,7)8/h15-17,22-24,32H,10-14,18-19H2,1-9H3/t22-,23+,24?/m0/s1. The second kappa shape index (κ2) is 10.2. The van der Waals surface area contributed by atoms with Gasteiger partial charge in [-0.25, -0.2) is 0 Å². The van der Waals surface area contributed by atoms with Gasteiger partial charge in [-0.3, -0.25) is 4.79 Å². The average Bonchev–Trinajstić information content (AvgIpc) is 2.78. The molecule has 1 aromatic rings. The van der Waals surface area contributed by atoms with Crippen molar-refractivity contribution >= 4 is 5.97 Å². The minimum Gasteiger partial charge on any atom is -0.507 e. The topological polar surface area (TPSA) is 55.8 Å². The number of methoxy groups -OCH3 is 1. The molecule has 0 saturated heterocycles. The molecule has 3 atom stereocenters. The van der Waals surface area contributed by atoms with E-state index >= 15 is 0 Å². The summed E-state index contributed by atoms with van der Waals surface area (Å²) in [6.07, 6.45) is 9.30. The number of unbranched alkanes of at least 4 members (excludes halogenated alkanes) is 3.